The Balaban J connectivity index is 2.27. The summed E-state index contributed by atoms with van der Waals surface area (Å²) in [6, 6.07) is 0.620. The first-order valence-electron chi connectivity index (χ1n) is 5.41. The quantitative estimate of drug-likeness (QED) is 0.500. The maximum absolute atomic E-state index is 5.43. The molecule has 1 spiro atoms. The lowest BCUT2D eigenvalue weighted by Gasteiger charge is -2.43. The summed E-state index contributed by atoms with van der Waals surface area (Å²) in [5.74, 6) is 0.522. The summed E-state index contributed by atoms with van der Waals surface area (Å²) in [6.45, 7) is 5.66. The van der Waals surface area contributed by atoms with Gasteiger partial charge in [0.25, 0.3) is 0 Å². The molecule has 0 amide bonds. The van der Waals surface area contributed by atoms with E-state index in [0.717, 1.165) is 18.0 Å². The topological polar surface area (TPSA) is 28.5 Å². The van der Waals surface area contributed by atoms with Crippen molar-refractivity contribution in [3.63, 3.8) is 0 Å². The molecular formula is C10H18N3S2+. The third-order valence-electron chi connectivity index (χ3n) is 3.91. The Hall–Kier alpha value is -0.260. The predicted octanol–water partition coefficient (Wildman–Crippen LogP) is -0.527. The summed E-state index contributed by atoms with van der Waals surface area (Å²) in [5, 5.41) is 7.16. The molecule has 1 unspecified atom stereocenters. The molecule has 3 nitrogen and oxygen atoms in total. The third kappa shape index (κ3) is 1.66. The maximum atomic E-state index is 5.43. The third-order valence-corrected chi connectivity index (χ3v) is 4.58. The molecule has 2 fully saturated rings. The molecule has 2 rings (SSSR count). The molecule has 0 bridgehead atoms. The van der Waals surface area contributed by atoms with Crippen molar-refractivity contribution in [3.05, 3.63) is 0 Å². The molecule has 2 aliphatic rings. The minimum atomic E-state index is -0.0780. The summed E-state index contributed by atoms with van der Waals surface area (Å²) in [5.41, 5.74) is -0.0780. The number of likely N-dealkylation sites (tertiary alicyclic amines) is 1. The zero-order chi connectivity index (χ0) is 11.2. The first kappa shape index (κ1) is 11.2. The zero-order valence-electron chi connectivity index (χ0n) is 9.39. The lowest BCUT2D eigenvalue weighted by atomic mass is 9.76. The van der Waals surface area contributed by atoms with Crippen LogP contribution in [-0.2, 0) is 0 Å². The second-order valence-electron chi connectivity index (χ2n) is 4.94. The minimum Gasteiger partial charge on any atom is -0.350 e. The number of nitrogens with one attached hydrogen (secondary N) is 3. The minimum absolute atomic E-state index is 0.0780. The summed E-state index contributed by atoms with van der Waals surface area (Å²) >= 11 is 10.6. The van der Waals surface area contributed by atoms with Crippen molar-refractivity contribution in [1.82, 2.24) is 10.6 Å². The second kappa shape index (κ2) is 3.64. The highest BCUT2D eigenvalue weighted by Gasteiger charge is 2.51. The summed E-state index contributed by atoms with van der Waals surface area (Å²) < 4.78 is 0. The van der Waals surface area contributed by atoms with Crippen LogP contribution in [0.3, 0.4) is 0 Å². The van der Waals surface area contributed by atoms with Gasteiger partial charge in [0, 0.05) is 12.3 Å². The van der Waals surface area contributed by atoms with Crippen LogP contribution in [0.1, 0.15) is 20.3 Å². The number of hydrogen-bond donors (Lipinski definition) is 3. The largest absolute Gasteiger partial charge is 0.350 e. The molecule has 0 saturated carbocycles. The van der Waals surface area contributed by atoms with Crippen LogP contribution < -0.4 is 15.5 Å². The summed E-state index contributed by atoms with van der Waals surface area (Å²) in [7, 11) is 2.25. The highest BCUT2D eigenvalue weighted by Crippen LogP contribution is 2.28. The maximum Gasteiger partial charge on any atom is 0.172 e. The van der Waals surface area contributed by atoms with Crippen LogP contribution >= 0.6 is 24.4 Å². The van der Waals surface area contributed by atoms with E-state index >= 15 is 0 Å². The van der Waals surface area contributed by atoms with E-state index in [1.54, 1.807) is 4.90 Å². The van der Waals surface area contributed by atoms with Gasteiger partial charge in [-0.05, 0) is 19.1 Å². The second-order valence-corrected chi connectivity index (χ2v) is 5.75. The fourth-order valence-electron chi connectivity index (χ4n) is 2.71. The Morgan fingerprint density at radius 1 is 1.40 bits per heavy atom. The average Bonchev–Trinajstić information content (AvgIpc) is 2.40. The van der Waals surface area contributed by atoms with Gasteiger partial charge in [-0.1, -0.05) is 19.1 Å². The monoisotopic (exact) mass is 244 g/mol. The normalized spacial score (nSPS) is 45.4. The van der Waals surface area contributed by atoms with Gasteiger partial charge < -0.3 is 15.5 Å². The number of quaternary nitrogens is 1. The average molecular weight is 244 g/mol. The van der Waals surface area contributed by atoms with Crippen LogP contribution in [0.2, 0.25) is 0 Å². The first-order valence-corrected chi connectivity index (χ1v) is 6.23. The summed E-state index contributed by atoms with van der Waals surface area (Å²) in [6.07, 6.45) is 1.06. The molecule has 84 valence electrons. The van der Waals surface area contributed by atoms with Crippen molar-refractivity contribution >= 4 is 34.5 Å². The standard InChI is InChI=1S/C10H17N3S2/c1-6-5-13(3)7(2)4-10(6)8(14)11-9(15)12-10/h6-7H,4-5H2,1-3H3,(H2,11,12,14,15)/p+1/t6-,7+,10+/m1/s1. The summed E-state index contributed by atoms with van der Waals surface area (Å²) in [4.78, 5) is 2.47. The fourth-order valence-corrected chi connectivity index (χ4v) is 3.50. The smallest absolute Gasteiger partial charge is 0.172 e. The molecule has 0 aromatic heterocycles. The molecule has 2 aliphatic heterocycles. The van der Waals surface area contributed by atoms with Crippen LogP contribution in [-0.4, -0.2) is 35.3 Å². The lowest BCUT2D eigenvalue weighted by Crippen LogP contribution is -3.15. The van der Waals surface area contributed by atoms with Crippen LogP contribution in [0.25, 0.3) is 0 Å². The number of rotatable bonds is 0. The van der Waals surface area contributed by atoms with E-state index in [1.165, 1.54) is 0 Å². The molecule has 0 aliphatic carbocycles. The van der Waals surface area contributed by atoms with Crippen LogP contribution in [0.15, 0.2) is 0 Å². The molecule has 0 aromatic rings. The van der Waals surface area contributed by atoms with Gasteiger partial charge in [-0.25, -0.2) is 0 Å². The van der Waals surface area contributed by atoms with Gasteiger partial charge in [0.15, 0.2) is 5.11 Å². The van der Waals surface area contributed by atoms with Crippen LogP contribution in [0, 0.1) is 5.92 Å². The molecule has 15 heavy (non-hydrogen) atoms. The highest BCUT2D eigenvalue weighted by molar-refractivity contribution is 7.82. The van der Waals surface area contributed by atoms with Gasteiger partial charge >= 0.3 is 0 Å². The molecule has 2 saturated heterocycles. The molecule has 5 heteroatoms. The van der Waals surface area contributed by atoms with Gasteiger partial charge in [0.05, 0.1) is 19.6 Å². The fraction of sp³-hybridized carbons (Fsp3) is 0.800. The molecule has 4 atom stereocenters. The Kier molecular flexibility index (Phi) is 2.73. The molecule has 2 heterocycles. The molecule has 0 radical (unpaired) electrons. The van der Waals surface area contributed by atoms with Crippen molar-refractivity contribution in [1.29, 1.82) is 0 Å². The van der Waals surface area contributed by atoms with Gasteiger partial charge in [-0.3, -0.25) is 0 Å². The van der Waals surface area contributed by atoms with E-state index in [0.29, 0.717) is 17.1 Å². The molecule has 3 N–H and O–H groups in total. The number of piperidine rings is 1. The van der Waals surface area contributed by atoms with Gasteiger partial charge in [0.2, 0.25) is 0 Å². The number of hydrogen-bond acceptors (Lipinski definition) is 2. The number of thiocarbonyl (C=S) groups is 2. The van der Waals surface area contributed by atoms with Crippen molar-refractivity contribution in [2.75, 3.05) is 13.6 Å². The van der Waals surface area contributed by atoms with Crippen molar-refractivity contribution < 1.29 is 4.90 Å². The van der Waals surface area contributed by atoms with E-state index in [9.17, 15) is 0 Å². The van der Waals surface area contributed by atoms with Crippen molar-refractivity contribution in [2.45, 2.75) is 31.8 Å². The first-order chi connectivity index (χ1) is 6.95. The van der Waals surface area contributed by atoms with Gasteiger partial charge in [0.1, 0.15) is 10.5 Å². The highest BCUT2D eigenvalue weighted by atomic mass is 32.1. The van der Waals surface area contributed by atoms with E-state index in [4.69, 9.17) is 24.4 Å². The van der Waals surface area contributed by atoms with Crippen molar-refractivity contribution in [2.24, 2.45) is 5.92 Å². The van der Waals surface area contributed by atoms with Gasteiger partial charge in [-0.2, -0.15) is 0 Å². The van der Waals surface area contributed by atoms with E-state index in [2.05, 4.69) is 31.5 Å². The lowest BCUT2D eigenvalue weighted by molar-refractivity contribution is -0.914. The van der Waals surface area contributed by atoms with Crippen LogP contribution in [0.5, 0.6) is 0 Å². The van der Waals surface area contributed by atoms with Crippen LogP contribution in [0.4, 0.5) is 0 Å². The Bertz CT molecular complexity index is 318. The zero-order valence-corrected chi connectivity index (χ0v) is 11.0. The van der Waals surface area contributed by atoms with Crippen molar-refractivity contribution in [3.8, 4) is 0 Å². The van der Waals surface area contributed by atoms with E-state index in [-0.39, 0.29) is 5.54 Å². The van der Waals surface area contributed by atoms with E-state index in [1.807, 2.05) is 0 Å². The molecular weight excluding hydrogens is 226 g/mol. The van der Waals surface area contributed by atoms with Gasteiger partial charge in [-0.15, -0.1) is 0 Å². The molecule has 0 aromatic carbocycles. The predicted molar refractivity (Wildman–Crippen MR) is 69.2 cm³/mol. The Labute approximate surface area is 102 Å². The SMILES string of the molecule is C[C@@H]1C[NH+](C)[C@@H](C)C[C@]12NC(=S)NC2=S. The Morgan fingerprint density at radius 3 is 2.60 bits per heavy atom. The Morgan fingerprint density at radius 2 is 2.07 bits per heavy atom. The van der Waals surface area contributed by atoms with E-state index < -0.39 is 0 Å².